The van der Waals surface area contributed by atoms with Gasteiger partial charge in [-0.2, -0.15) is 0 Å². The SMILES string of the molecule is CCCC(OC)C(C)C(=O)NC(Cc1ccccc1)C(=O)CC. The lowest BCUT2D eigenvalue weighted by Gasteiger charge is -2.24. The van der Waals surface area contributed by atoms with Crippen LogP contribution in [0.15, 0.2) is 30.3 Å². The Morgan fingerprint density at radius 3 is 2.35 bits per heavy atom. The summed E-state index contributed by atoms with van der Waals surface area (Å²) in [7, 11) is 1.63. The summed E-state index contributed by atoms with van der Waals surface area (Å²) in [5.41, 5.74) is 1.05. The molecule has 0 saturated heterocycles. The van der Waals surface area contributed by atoms with E-state index in [1.54, 1.807) is 7.11 Å². The van der Waals surface area contributed by atoms with E-state index in [0.29, 0.717) is 12.8 Å². The largest absolute Gasteiger partial charge is 0.381 e. The van der Waals surface area contributed by atoms with Crippen molar-refractivity contribution < 1.29 is 14.3 Å². The number of ether oxygens (including phenoxy) is 1. The topological polar surface area (TPSA) is 55.4 Å². The molecule has 0 heterocycles. The smallest absolute Gasteiger partial charge is 0.226 e. The molecule has 3 atom stereocenters. The van der Waals surface area contributed by atoms with Crippen molar-refractivity contribution in [2.45, 2.75) is 58.6 Å². The molecule has 1 aromatic rings. The predicted octanol–water partition coefficient (Wildman–Crippen LogP) is 3.14. The molecule has 1 aromatic carbocycles. The Morgan fingerprint density at radius 1 is 1.17 bits per heavy atom. The van der Waals surface area contributed by atoms with Gasteiger partial charge in [0.1, 0.15) is 0 Å². The number of hydrogen-bond acceptors (Lipinski definition) is 3. The number of methoxy groups -OCH3 is 1. The number of ketones is 1. The van der Waals surface area contributed by atoms with Crippen LogP contribution < -0.4 is 5.32 Å². The Bertz CT molecular complexity index is 487. The van der Waals surface area contributed by atoms with Gasteiger partial charge in [-0.05, 0) is 18.4 Å². The van der Waals surface area contributed by atoms with Crippen molar-refractivity contribution >= 4 is 11.7 Å². The lowest BCUT2D eigenvalue weighted by atomic mass is 9.96. The second kappa shape index (κ2) is 10.2. The number of carbonyl (C=O) groups excluding carboxylic acids is 2. The standard InChI is InChI=1S/C19H29NO3/c1-5-10-18(23-4)14(3)19(22)20-16(17(21)6-2)13-15-11-8-7-9-12-15/h7-9,11-12,14,16,18H,5-6,10,13H2,1-4H3,(H,20,22). The van der Waals surface area contributed by atoms with E-state index in [-0.39, 0.29) is 23.7 Å². The summed E-state index contributed by atoms with van der Waals surface area (Å²) in [6.07, 6.45) is 2.61. The molecule has 0 bridgehead atoms. The Balaban J connectivity index is 2.76. The minimum Gasteiger partial charge on any atom is -0.381 e. The first-order valence-electron chi connectivity index (χ1n) is 8.43. The summed E-state index contributed by atoms with van der Waals surface area (Å²) in [6.45, 7) is 5.75. The fourth-order valence-corrected chi connectivity index (χ4v) is 2.67. The second-order valence-corrected chi connectivity index (χ2v) is 5.92. The van der Waals surface area contributed by atoms with Gasteiger partial charge in [-0.25, -0.2) is 0 Å². The average Bonchev–Trinajstić information content (AvgIpc) is 2.58. The number of carbonyl (C=O) groups is 2. The fourth-order valence-electron chi connectivity index (χ4n) is 2.67. The van der Waals surface area contributed by atoms with E-state index in [1.165, 1.54) is 0 Å². The Labute approximate surface area is 139 Å². The van der Waals surface area contributed by atoms with E-state index in [2.05, 4.69) is 12.2 Å². The molecular weight excluding hydrogens is 290 g/mol. The summed E-state index contributed by atoms with van der Waals surface area (Å²) in [4.78, 5) is 24.7. The third-order valence-corrected chi connectivity index (χ3v) is 4.18. The van der Waals surface area contributed by atoms with Crippen molar-refractivity contribution in [1.29, 1.82) is 0 Å². The van der Waals surface area contributed by atoms with Crippen LogP contribution in [0, 0.1) is 5.92 Å². The highest BCUT2D eigenvalue weighted by molar-refractivity contribution is 5.89. The monoisotopic (exact) mass is 319 g/mol. The molecule has 1 rings (SSSR count). The first-order chi connectivity index (χ1) is 11.0. The number of rotatable bonds is 10. The Kier molecular flexibility index (Phi) is 8.56. The molecule has 0 saturated carbocycles. The van der Waals surface area contributed by atoms with Gasteiger partial charge < -0.3 is 10.1 Å². The summed E-state index contributed by atoms with van der Waals surface area (Å²) < 4.78 is 5.41. The minimum atomic E-state index is -0.475. The van der Waals surface area contributed by atoms with Gasteiger partial charge >= 0.3 is 0 Å². The molecule has 23 heavy (non-hydrogen) atoms. The lowest BCUT2D eigenvalue weighted by Crippen LogP contribution is -2.46. The van der Waals surface area contributed by atoms with Crippen molar-refractivity contribution in [3.05, 3.63) is 35.9 Å². The number of hydrogen-bond donors (Lipinski definition) is 1. The van der Waals surface area contributed by atoms with Crippen LogP contribution in [0.4, 0.5) is 0 Å². The first kappa shape index (κ1) is 19.4. The van der Waals surface area contributed by atoms with Crippen molar-refractivity contribution in [2.75, 3.05) is 7.11 Å². The Morgan fingerprint density at radius 2 is 1.83 bits per heavy atom. The highest BCUT2D eigenvalue weighted by atomic mass is 16.5. The molecule has 0 radical (unpaired) electrons. The third-order valence-electron chi connectivity index (χ3n) is 4.18. The van der Waals surface area contributed by atoms with Gasteiger partial charge in [0.05, 0.1) is 18.1 Å². The Hall–Kier alpha value is -1.68. The van der Waals surface area contributed by atoms with Crippen molar-refractivity contribution in [3.8, 4) is 0 Å². The van der Waals surface area contributed by atoms with Crippen LogP contribution >= 0.6 is 0 Å². The highest BCUT2D eigenvalue weighted by Crippen LogP contribution is 2.14. The van der Waals surface area contributed by atoms with Gasteiger partial charge in [-0.1, -0.05) is 57.5 Å². The molecule has 0 aliphatic rings. The normalized spacial score (nSPS) is 14.8. The van der Waals surface area contributed by atoms with Crippen molar-refractivity contribution in [1.82, 2.24) is 5.32 Å². The van der Waals surface area contributed by atoms with Crippen LogP contribution in [0.1, 0.15) is 45.6 Å². The molecule has 1 N–H and O–H groups in total. The molecule has 4 nitrogen and oxygen atoms in total. The molecule has 0 aromatic heterocycles. The van der Waals surface area contributed by atoms with Crippen LogP contribution in [0.2, 0.25) is 0 Å². The van der Waals surface area contributed by atoms with E-state index in [9.17, 15) is 9.59 Å². The molecule has 128 valence electrons. The maximum atomic E-state index is 12.5. The molecule has 0 aliphatic carbocycles. The minimum absolute atomic E-state index is 0.0545. The molecule has 1 amide bonds. The van der Waals surface area contributed by atoms with Crippen LogP contribution in [0.5, 0.6) is 0 Å². The maximum Gasteiger partial charge on any atom is 0.226 e. The number of nitrogens with one attached hydrogen (secondary N) is 1. The number of Topliss-reactive ketones (excluding diaryl/α,β-unsaturated/α-hetero) is 1. The van der Waals surface area contributed by atoms with E-state index in [4.69, 9.17) is 4.74 Å². The highest BCUT2D eigenvalue weighted by Gasteiger charge is 2.27. The summed E-state index contributed by atoms with van der Waals surface area (Å²) >= 11 is 0. The summed E-state index contributed by atoms with van der Waals surface area (Å²) in [6, 6.07) is 9.29. The van der Waals surface area contributed by atoms with E-state index in [1.807, 2.05) is 44.2 Å². The van der Waals surface area contributed by atoms with Gasteiger partial charge in [0, 0.05) is 13.5 Å². The second-order valence-electron chi connectivity index (χ2n) is 5.92. The van der Waals surface area contributed by atoms with Gasteiger partial charge in [0.25, 0.3) is 0 Å². The van der Waals surface area contributed by atoms with Crippen molar-refractivity contribution in [2.24, 2.45) is 5.92 Å². The zero-order chi connectivity index (χ0) is 17.2. The van der Waals surface area contributed by atoms with Gasteiger partial charge in [0.15, 0.2) is 5.78 Å². The van der Waals surface area contributed by atoms with E-state index in [0.717, 1.165) is 18.4 Å². The average molecular weight is 319 g/mol. The van der Waals surface area contributed by atoms with Crippen LogP contribution in [-0.4, -0.2) is 30.9 Å². The molecule has 4 heteroatoms. The molecular formula is C19H29NO3. The van der Waals surface area contributed by atoms with Crippen molar-refractivity contribution in [3.63, 3.8) is 0 Å². The van der Waals surface area contributed by atoms with E-state index >= 15 is 0 Å². The molecule has 3 unspecified atom stereocenters. The van der Waals surface area contributed by atoms with Gasteiger partial charge in [0.2, 0.25) is 5.91 Å². The van der Waals surface area contributed by atoms with Crippen LogP contribution in [0.25, 0.3) is 0 Å². The predicted molar refractivity (Wildman–Crippen MR) is 92.2 cm³/mol. The molecule has 0 aliphatic heterocycles. The maximum absolute atomic E-state index is 12.5. The quantitative estimate of drug-likeness (QED) is 0.721. The summed E-state index contributed by atoms with van der Waals surface area (Å²) in [5.74, 6) is -0.338. The number of benzene rings is 1. The molecule has 0 spiro atoms. The first-order valence-corrected chi connectivity index (χ1v) is 8.43. The van der Waals surface area contributed by atoms with Gasteiger partial charge in [-0.15, -0.1) is 0 Å². The van der Waals surface area contributed by atoms with Crippen LogP contribution in [0.3, 0.4) is 0 Å². The zero-order valence-corrected chi connectivity index (χ0v) is 14.7. The zero-order valence-electron chi connectivity index (χ0n) is 14.7. The van der Waals surface area contributed by atoms with E-state index < -0.39 is 6.04 Å². The summed E-state index contributed by atoms with van der Waals surface area (Å²) in [5, 5.41) is 2.92. The third kappa shape index (κ3) is 6.14. The molecule has 0 fully saturated rings. The van der Waals surface area contributed by atoms with Gasteiger partial charge in [-0.3, -0.25) is 9.59 Å². The lowest BCUT2D eigenvalue weighted by molar-refractivity contribution is -0.133. The fraction of sp³-hybridized carbons (Fsp3) is 0.579. The number of amides is 1. The van der Waals surface area contributed by atoms with Crippen LogP contribution in [-0.2, 0) is 20.7 Å².